The van der Waals surface area contributed by atoms with Gasteiger partial charge < -0.3 is 4.74 Å². The van der Waals surface area contributed by atoms with Crippen LogP contribution in [0.4, 0.5) is 0 Å². The average molecular weight is 194 g/mol. The minimum atomic E-state index is -0.132. The quantitative estimate of drug-likeness (QED) is 0.739. The maximum atomic E-state index is 5.77. The zero-order chi connectivity index (χ0) is 10.6. The van der Waals surface area contributed by atoms with Crippen molar-refractivity contribution in [3.63, 3.8) is 0 Å². The van der Waals surface area contributed by atoms with Crippen LogP contribution in [0.25, 0.3) is 0 Å². The van der Waals surface area contributed by atoms with E-state index >= 15 is 0 Å². The predicted octanol–water partition coefficient (Wildman–Crippen LogP) is 2.74. The molecular weight excluding hydrogens is 176 g/mol. The smallest absolute Gasteiger partial charge is 0.156 e. The Labute approximate surface area is 85.5 Å². The van der Waals surface area contributed by atoms with E-state index in [1.54, 1.807) is 12.4 Å². The number of aryl methyl sites for hydroxylation is 1. The Hall–Kier alpha value is -1.12. The van der Waals surface area contributed by atoms with E-state index in [1.807, 2.05) is 6.92 Å². The van der Waals surface area contributed by atoms with E-state index in [2.05, 4.69) is 30.7 Å². The van der Waals surface area contributed by atoms with Gasteiger partial charge in [-0.05, 0) is 27.2 Å². The van der Waals surface area contributed by atoms with Crippen LogP contribution in [0, 0.1) is 6.92 Å². The minimum Gasteiger partial charge on any atom is -0.485 e. The number of hydrogen-bond donors (Lipinski definition) is 0. The van der Waals surface area contributed by atoms with Gasteiger partial charge in [-0.25, -0.2) is 9.97 Å². The summed E-state index contributed by atoms with van der Waals surface area (Å²) >= 11 is 0. The van der Waals surface area contributed by atoms with Gasteiger partial charge in [-0.15, -0.1) is 0 Å². The Bertz CT molecular complexity index is 280. The molecule has 0 saturated heterocycles. The van der Waals surface area contributed by atoms with Crippen molar-refractivity contribution in [3.8, 4) is 5.75 Å². The van der Waals surface area contributed by atoms with Crippen molar-refractivity contribution >= 4 is 0 Å². The molecule has 0 bridgehead atoms. The zero-order valence-electron chi connectivity index (χ0n) is 9.37. The lowest BCUT2D eigenvalue weighted by Crippen LogP contribution is -2.27. The molecule has 0 unspecified atom stereocenters. The summed E-state index contributed by atoms with van der Waals surface area (Å²) in [5.74, 6) is 1.51. The second-order valence-electron chi connectivity index (χ2n) is 4.08. The van der Waals surface area contributed by atoms with E-state index in [4.69, 9.17) is 4.74 Å². The molecular formula is C11H18N2O. The highest BCUT2D eigenvalue weighted by Gasteiger charge is 2.18. The number of rotatable bonds is 4. The Morgan fingerprint density at radius 2 is 1.86 bits per heavy atom. The van der Waals surface area contributed by atoms with Gasteiger partial charge in [0.05, 0.1) is 12.4 Å². The SMILES string of the molecule is CCCC(C)(C)Oc1cnc(C)nc1. The first kappa shape index (κ1) is 11.0. The topological polar surface area (TPSA) is 35.0 Å². The highest BCUT2D eigenvalue weighted by Crippen LogP contribution is 2.20. The summed E-state index contributed by atoms with van der Waals surface area (Å²) in [6.45, 7) is 8.17. The minimum absolute atomic E-state index is 0.132. The Morgan fingerprint density at radius 1 is 1.29 bits per heavy atom. The summed E-state index contributed by atoms with van der Waals surface area (Å²) in [6.07, 6.45) is 5.58. The lowest BCUT2D eigenvalue weighted by atomic mass is 10.0. The molecule has 1 aromatic rings. The Kier molecular flexibility index (Phi) is 3.44. The molecule has 1 aromatic heterocycles. The second-order valence-corrected chi connectivity index (χ2v) is 4.08. The van der Waals surface area contributed by atoms with Crippen molar-refractivity contribution in [1.29, 1.82) is 0 Å². The lowest BCUT2D eigenvalue weighted by Gasteiger charge is -2.25. The molecule has 0 aliphatic carbocycles. The first-order valence-electron chi connectivity index (χ1n) is 5.01. The number of ether oxygens (including phenoxy) is 1. The standard InChI is InChI=1S/C11H18N2O/c1-5-6-11(3,4)14-10-7-12-9(2)13-8-10/h7-8H,5-6H2,1-4H3. The van der Waals surface area contributed by atoms with Crippen LogP contribution in [0.15, 0.2) is 12.4 Å². The van der Waals surface area contributed by atoms with Crippen LogP contribution >= 0.6 is 0 Å². The van der Waals surface area contributed by atoms with Crippen LogP contribution < -0.4 is 4.74 Å². The maximum absolute atomic E-state index is 5.77. The molecule has 1 rings (SSSR count). The molecule has 78 valence electrons. The van der Waals surface area contributed by atoms with Crippen LogP contribution in [0.2, 0.25) is 0 Å². The predicted molar refractivity (Wildman–Crippen MR) is 56.4 cm³/mol. The third kappa shape index (κ3) is 3.32. The summed E-state index contributed by atoms with van der Waals surface area (Å²) < 4.78 is 5.77. The van der Waals surface area contributed by atoms with Crippen molar-refractivity contribution in [2.24, 2.45) is 0 Å². The molecule has 0 aliphatic rings. The molecule has 1 heterocycles. The van der Waals surface area contributed by atoms with E-state index in [1.165, 1.54) is 0 Å². The van der Waals surface area contributed by atoms with E-state index in [9.17, 15) is 0 Å². The van der Waals surface area contributed by atoms with Gasteiger partial charge in [0.2, 0.25) is 0 Å². The molecule has 14 heavy (non-hydrogen) atoms. The second kappa shape index (κ2) is 4.40. The fraction of sp³-hybridized carbons (Fsp3) is 0.636. The maximum Gasteiger partial charge on any atom is 0.156 e. The molecule has 0 radical (unpaired) electrons. The summed E-state index contributed by atoms with van der Waals surface area (Å²) in [6, 6.07) is 0. The Morgan fingerprint density at radius 3 is 2.36 bits per heavy atom. The number of hydrogen-bond acceptors (Lipinski definition) is 3. The largest absolute Gasteiger partial charge is 0.485 e. The highest BCUT2D eigenvalue weighted by molar-refractivity contribution is 5.13. The van der Waals surface area contributed by atoms with Crippen LogP contribution in [-0.2, 0) is 0 Å². The molecule has 0 fully saturated rings. The summed E-state index contributed by atoms with van der Waals surface area (Å²) in [5.41, 5.74) is -0.132. The molecule has 0 atom stereocenters. The fourth-order valence-corrected chi connectivity index (χ4v) is 1.41. The van der Waals surface area contributed by atoms with Crippen LogP contribution in [0.5, 0.6) is 5.75 Å². The first-order valence-corrected chi connectivity index (χ1v) is 5.01. The third-order valence-electron chi connectivity index (χ3n) is 2.00. The zero-order valence-corrected chi connectivity index (χ0v) is 9.37. The van der Waals surface area contributed by atoms with Gasteiger partial charge in [0, 0.05) is 0 Å². The number of nitrogens with zero attached hydrogens (tertiary/aromatic N) is 2. The molecule has 0 amide bonds. The first-order chi connectivity index (χ1) is 6.53. The van der Waals surface area contributed by atoms with E-state index in [-0.39, 0.29) is 5.60 Å². The summed E-state index contributed by atoms with van der Waals surface area (Å²) in [4.78, 5) is 8.17. The van der Waals surface area contributed by atoms with Crippen molar-refractivity contribution in [1.82, 2.24) is 9.97 Å². The van der Waals surface area contributed by atoms with Gasteiger partial charge in [-0.3, -0.25) is 0 Å². The van der Waals surface area contributed by atoms with Crippen molar-refractivity contribution in [3.05, 3.63) is 18.2 Å². The van der Waals surface area contributed by atoms with Crippen molar-refractivity contribution in [2.75, 3.05) is 0 Å². The van der Waals surface area contributed by atoms with Gasteiger partial charge >= 0.3 is 0 Å². The van der Waals surface area contributed by atoms with Crippen molar-refractivity contribution in [2.45, 2.75) is 46.1 Å². The van der Waals surface area contributed by atoms with Crippen LogP contribution in [0.1, 0.15) is 39.4 Å². The highest BCUT2D eigenvalue weighted by atomic mass is 16.5. The molecule has 0 aromatic carbocycles. The molecule has 0 spiro atoms. The van der Waals surface area contributed by atoms with Gasteiger partial charge in [0.25, 0.3) is 0 Å². The average Bonchev–Trinajstić information content (AvgIpc) is 2.08. The Balaban J connectivity index is 2.64. The van der Waals surface area contributed by atoms with E-state index < -0.39 is 0 Å². The lowest BCUT2D eigenvalue weighted by molar-refractivity contribution is 0.0975. The molecule has 0 aliphatic heterocycles. The van der Waals surface area contributed by atoms with E-state index in [0.717, 1.165) is 24.4 Å². The number of aromatic nitrogens is 2. The molecule has 3 heteroatoms. The van der Waals surface area contributed by atoms with Gasteiger partial charge in [-0.1, -0.05) is 13.3 Å². The fourth-order valence-electron chi connectivity index (χ4n) is 1.41. The van der Waals surface area contributed by atoms with E-state index in [0.29, 0.717) is 0 Å². The molecule has 0 N–H and O–H groups in total. The molecule has 3 nitrogen and oxygen atoms in total. The summed E-state index contributed by atoms with van der Waals surface area (Å²) in [7, 11) is 0. The normalized spacial score (nSPS) is 11.4. The van der Waals surface area contributed by atoms with Gasteiger partial charge in [0.15, 0.2) is 5.75 Å². The van der Waals surface area contributed by atoms with Crippen LogP contribution in [-0.4, -0.2) is 15.6 Å². The monoisotopic (exact) mass is 194 g/mol. The molecule has 0 saturated carbocycles. The van der Waals surface area contributed by atoms with Gasteiger partial charge in [-0.2, -0.15) is 0 Å². The summed E-state index contributed by atoms with van der Waals surface area (Å²) in [5, 5.41) is 0. The van der Waals surface area contributed by atoms with Gasteiger partial charge in [0.1, 0.15) is 11.4 Å². The van der Waals surface area contributed by atoms with Crippen molar-refractivity contribution < 1.29 is 4.74 Å². The van der Waals surface area contributed by atoms with Crippen LogP contribution in [0.3, 0.4) is 0 Å². The third-order valence-corrected chi connectivity index (χ3v) is 2.00.